The molecule has 0 aromatic heterocycles. The van der Waals surface area contributed by atoms with Crippen LogP contribution in [0.2, 0.25) is 5.02 Å². The number of rotatable bonds is 5. The summed E-state index contributed by atoms with van der Waals surface area (Å²) in [5.74, 6) is 0.858. The van der Waals surface area contributed by atoms with E-state index >= 15 is 0 Å². The largest absolute Gasteiger partial charge is 0.495 e. The summed E-state index contributed by atoms with van der Waals surface area (Å²) in [4.78, 5) is 0. The van der Waals surface area contributed by atoms with E-state index in [0.717, 1.165) is 35.0 Å². The monoisotopic (exact) mass is 261 g/mol. The van der Waals surface area contributed by atoms with Crippen LogP contribution in [0.5, 0.6) is 5.75 Å². The predicted octanol–water partition coefficient (Wildman–Crippen LogP) is 4.00. The van der Waals surface area contributed by atoms with E-state index in [0.29, 0.717) is 0 Å². The van der Waals surface area contributed by atoms with Crippen LogP contribution in [0.4, 0.5) is 5.69 Å². The molecule has 0 fully saturated rings. The maximum atomic E-state index is 6.11. The highest BCUT2D eigenvalue weighted by Gasteiger charge is 2.02. The molecule has 94 valence electrons. The number of methoxy groups -OCH3 is 1. The van der Waals surface area contributed by atoms with Crippen LogP contribution in [0.3, 0.4) is 0 Å². The van der Waals surface area contributed by atoms with E-state index in [-0.39, 0.29) is 0 Å². The van der Waals surface area contributed by atoms with Crippen molar-refractivity contribution >= 4 is 17.3 Å². The van der Waals surface area contributed by atoms with E-state index in [2.05, 4.69) is 5.32 Å². The SMILES string of the molecule is COc1ccccc1NCCc1ccccc1Cl. The molecule has 0 radical (unpaired) electrons. The van der Waals surface area contributed by atoms with E-state index in [1.54, 1.807) is 7.11 Å². The van der Waals surface area contributed by atoms with Crippen molar-refractivity contribution in [3.05, 3.63) is 59.1 Å². The van der Waals surface area contributed by atoms with Gasteiger partial charge in [0.2, 0.25) is 0 Å². The summed E-state index contributed by atoms with van der Waals surface area (Å²) in [6, 6.07) is 15.8. The molecule has 2 aromatic carbocycles. The number of nitrogens with one attached hydrogen (secondary N) is 1. The normalized spacial score (nSPS) is 10.1. The molecular formula is C15H16ClNO. The Balaban J connectivity index is 1.95. The molecule has 0 amide bonds. The standard InChI is InChI=1S/C15H16ClNO/c1-18-15-9-5-4-8-14(15)17-11-10-12-6-2-3-7-13(12)16/h2-9,17H,10-11H2,1H3. The van der Waals surface area contributed by atoms with Crippen LogP contribution >= 0.6 is 11.6 Å². The van der Waals surface area contributed by atoms with Crippen molar-refractivity contribution in [2.45, 2.75) is 6.42 Å². The summed E-state index contributed by atoms with van der Waals surface area (Å²) < 4.78 is 5.28. The lowest BCUT2D eigenvalue weighted by molar-refractivity contribution is 0.416. The molecule has 2 rings (SSSR count). The number of anilines is 1. The van der Waals surface area contributed by atoms with E-state index in [9.17, 15) is 0 Å². The molecule has 0 spiro atoms. The zero-order valence-electron chi connectivity index (χ0n) is 10.3. The summed E-state index contributed by atoms with van der Waals surface area (Å²) in [6.45, 7) is 0.824. The molecule has 1 N–H and O–H groups in total. The lowest BCUT2D eigenvalue weighted by atomic mass is 10.1. The first-order valence-electron chi connectivity index (χ1n) is 5.91. The van der Waals surface area contributed by atoms with Crippen LogP contribution < -0.4 is 10.1 Å². The lowest BCUT2D eigenvalue weighted by Gasteiger charge is -2.11. The van der Waals surface area contributed by atoms with Crippen molar-refractivity contribution in [3.8, 4) is 5.75 Å². The van der Waals surface area contributed by atoms with Gasteiger partial charge in [-0.25, -0.2) is 0 Å². The van der Waals surface area contributed by atoms with Crippen LogP contribution in [-0.2, 0) is 6.42 Å². The highest BCUT2D eigenvalue weighted by Crippen LogP contribution is 2.23. The Morgan fingerprint density at radius 2 is 1.78 bits per heavy atom. The van der Waals surface area contributed by atoms with Crippen molar-refractivity contribution in [1.29, 1.82) is 0 Å². The minimum Gasteiger partial charge on any atom is -0.495 e. The minimum absolute atomic E-state index is 0.819. The molecule has 0 unspecified atom stereocenters. The van der Waals surface area contributed by atoms with E-state index in [4.69, 9.17) is 16.3 Å². The highest BCUT2D eigenvalue weighted by molar-refractivity contribution is 6.31. The Hall–Kier alpha value is -1.67. The Morgan fingerprint density at radius 3 is 2.56 bits per heavy atom. The molecule has 0 bridgehead atoms. The van der Waals surface area contributed by atoms with Crippen molar-refractivity contribution < 1.29 is 4.74 Å². The van der Waals surface area contributed by atoms with Crippen molar-refractivity contribution in [2.75, 3.05) is 19.0 Å². The average Bonchev–Trinajstić information content (AvgIpc) is 2.41. The summed E-state index contributed by atoms with van der Waals surface area (Å²) in [5, 5.41) is 4.18. The Morgan fingerprint density at radius 1 is 1.06 bits per heavy atom. The number of para-hydroxylation sites is 2. The predicted molar refractivity (Wildman–Crippen MR) is 76.6 cm³/mol. The Bertz CT molecular complexity index is 513. The zero-order valence-corrected chi connectivity index (χ0v) is 11.1. The molecule has 0 aliphatic rings. The molecule has 18 heavy (non-hydrogen) atoms. The van der Waals surface area contributed by atoms with Gasteiger partial charge < -0.3 is 10.1 Å². The molecular weight excluding hydrogens is 246 g/mol. The van der Waals surface area contributed by atoms with Crippen LogP contribution in [-0.4, -0.2) is 13.7 Å². The first-order chi connectivity index (χ1) is 8.81. The zero-order chi connectivity index (χ0) is 12.8. The van der Waals surface area contributed by atoms with Crippen molar-refractivity contribution in [3.63, 3.8) is 0 Å². The van der Waals surface area contributed by atoms with Crippen LogP contribution in [0.15, 0.2) is 48.5 Å². The van der Waals surface area contributed by atoms with Gasteiger partial charge in [0.15, 0.2) is 0 Å². The topological polar surface area (TPSA) is 21.3 Å². The molecule has 0 aliphatic carbocycles. The first-order valence-corrected chi connectivity index (χ1v) is 6.29. The third-order valence-corrected chi connectivity index (χ3v) is 3.14. The fourth-order valence-electron chi connectivity index (χ4n) is 1.82. The third kappa shape index (κ3) is 3.17. The average molecular weight is 262 g/mol. The van der Waals surface area contributed by atoms with Crippen molar-refractivity contribution in [2.24, 2.45) is 0 Å². The second-order valence-electron chi connectivity index (χ2n) is 3.97. The summed E-state index contributed by atoms with van der Waals surface area (Å²) in [5.41, 5.74) is 2.16. The van der Waals surface area contributed by atoms with Gasteiger partial charge >= 0.3 is 0 Å². The summed E-state index contributed by atoms with van der Waals surface area (Å²) in [6.07, 6.45) is 0.887. The van der Waals surface area contributed by atoms with Gasteiger partial charge in [0.05, 0.1) is 12.8 Å². The van der Waals surface area contributed by atoms with Gasteiger partial charge in [-0.2, -0.15) is 0 Å². The molecule has 0 aliphatic heterocycles. The second kappa shape index (κ2) is 6.31. The molecule has 0 atom stereocenters. The lowest BCUT2D eigenvalue weighted by Crippen LogP contribution is -2.06. The van der Waals surface area contributed by atoms with Gasteiger partial charge in [0.25, 0.3) is 0 Å². The number of hydrogen-bond acceptors (Lipinski definition) is 2. The fraction of sp³-hybridized carbons (Fsp3) is 0.200. The smallest absolute Gasteiger partial charge is 0.141 e. The van der Waals surface area contributed by atoms with E-state index in [1.165, 1.54) is 0 Å². The number of benzene rings is 2. The maximum Gasteiger partial charge on any atom is 0.141 e. The Labute approximate surface area is 113 Å². The summed E-state index contributed by atoms with van der Waals surface area (Å²) in [7, 11) is 1.68. The molecule has 0 saturated carbocycles. The van der Waals surface area contributed by atoms with Gasteiger partial charge in [0.1, 0.15) is 5.75 Å². The fourth-order valence-corrected chi connectivity index (χ4v) is 2.05. The van der Waals surface area contributed by atoms with E-state index < -0.39 is 0 Å². The number of ether oxygens (including phenoxy) is 1. The van der Waals surface area contributed by atoms with Gasteiger partial charge in [-0.1, -0.05) is 41.9 Å². The highest BCUT2D eigenvalue weighted by atomic mass is 35.5. The second-order valence-corrected chi connectivity index (χ2v) is 4.38. The Kier molecular flexibility index (Phi) is 4.48. The quantitative estimate of drug-likeness (QED) is 0.878. The minimum atomic E-state index is 0.819. The molecule has 0 heterocycles. The molecule has 3 heteroatoms. The van der Waals surface area contributed by atoms with Gasteiger partial charge in [0, 0.05) is 11.6 Å². The van der Waals surface area contributed by atoms with Gasteiger partial charge in [-0.15, -0.1) is 0 Å². The third-order valence-electron chi connectivity index (χ3n) is 2.77. The number of halogens is 1. The van der Waals surface area contributed by atoms with Gasteiger partial charge in [-0.05, 0) is 30.2 Å². The molecule has 2 nitrogen and oxygen atoms in total. The van der Waals surface area contributed by atoms with Crippen molar-refractivity contribution in [1.82, 2.24) is 0 Å². The van der Waals surface area contributed by atoms with E-state index in [1.807, 2.05) is 48.5 Å². The van der Waals surface area contributed by atoms with Crippen LogP contribution in [0.1, 0.15) is 5.56 Å². The number of hydrogen-bond donors (Lipinski definition) is 1. The maximum absolute atomic E-state index is 6.11. The molecule has 0 saturated heterocycles. The van der Waals surface area contributed by atoms with Crippen LogP contribution in [0.25, 0.3) is 0 Å². The first kappa shape index (κ1) is 12.8. The molecule has 2 aromatic rings. The summed E-state index contributed by atoms with van der Waals surface area (Å²) >= 11 is 6.11. The van der Waals surface area contributed by atoms with Crippen LogP contribution in [0, 0.1) is 0 Å². The van der Waals surface area contributed by atoms with Gasteiger partial charge in [-0.3, -0.25) is 0 Å².